The molecule has 1 aromatic heterocycles. The maximum atomic E-state index is 11.5. The summed E-state index contributed by atoms with van der Waals surface area (Å²) in [6, 6.07) is 3.25. The number of hydrogen-bond acceptors (Lipinski definition) is 3. The van der Waals surface area contributed by atoms with Gasteiger partial charge in [0.2, 0.25) is 5.91 Å². The molecule has 1 heterocycles. The summed E-state index contributed by atoms with van der Waals surface area (Å²) in [5, 5.41) is 5.32. The molecule has 0 aliphatic carbocycles. The van der Waals surface area contributed by atoms with Gasteiger partial charge >= 0.3 is 0 Å². The first-order valence-corrected chi connectivity index (χ1v) is 5.78. The number of carbonyl (C=O) groups is 2. The van der Waals surface area contributed by atoms with Crippen molar-refractivity contribution < 1.29 is 9.59 Å². The summed E-state index contributed by atoms with van der Waals surface area (Å²) < 4.78 is 0. The molecule has 0 radical (unpaired) electrons. The van der Waals surface area contributed by atoms with E-state index in [1.807, 2.05) is 0 Å². The molecule has 0 fully saturated rings. The Morgan fingerprint density at radius 1 is 1.18 bits per heavy atom. The molecule has 2 amide bonds. The molecular weight excluding hydrogens is 242 g/mol. The zero-order valence-electron chi connectivity index (χ0n) is 9.28. The van der Waals surface area contributed by atoms with Crippen LogP contribution in [-0.2, 0) is 4.79 Å². The molecule has 2 N–H and O–H groups in total. The van der Waals surface area contributed by atoms with Crippen molar-refractivity contribution in [2.75, 3.05) is 19.0 Å². The monoisotopic (exact) mass is 255 g/mol. The highest BCUT2D eigenvalue weighted by molar-refractivity contribution is 6.18. The number of halogens is 1. The fourth-order valence-electron chi connectivity index (χ4n) is 1.16. The summed E-state index contributed by atoms with van der Waals surface area (Å²) in [5.41, 5.74) is 0.548. The standard InChI is InChI=1S/C11H14ClN3O2/c12-4-1-10(16)14-7-8-15-11(17)9-2-5-13-6-3-9/h2-3,5-6H,1,4,7-8H2,(H,14,16)(H,15,17). The molecule has 0 spiro atoms. The first kappa shape index (κ1) is 13.4. The molecule has 5 nitrogen and oxygen atoms in total. The molecule has 0 aliphatic rings. The number of aromatic nitrogens is 1. The van der Waals surface area contributed by atoms with Crippen LogP contribution >= 0.6 is 11.6 Å². The minimum Gasteiger partial charge on any atom is -0.354 e. The Kier molecular flexibility index (Phi) is 6.03. The summed E-state index contributed by atoms with van der Waals surface area (Å²) >= 11 is 5.40. The highest BCUT2D eigenvalue weighted by Gasteiger charge is 2.03. The molecule has 1 aromatic rings. The van der Waals surface area contributed by atoms with Crippen molar-refractivity contribution in [3.8, 4) is 0 Å². The third-order valence-corrected chi connectivity index (χ3v) is 2.19. The van der Waals surface area contributed by atoms with Crippen LogP contribution in [0.15, 0.2) is 24.5 Å². The number of carbonyl (C=O) groups excluding carboxylic acids is 2. The van der Waals surface area contributed by atoms with Crippen LogP contribution in [0.1, 0.15) is 16.8 Å². The van der Waals surface area contributed by atoms with Gasteiger partial charge in [-0.25, -0.2) is 0 Å². The van der Waals surface area contributed by atoms with E-state index in [9.17, 15) is 9.59 Å². The van der Waals surface area contributed by atoms with Gasteiger partial charge in [-0.15, -0.1) is 11.6 Å². The number of hydrogen-bond donors (Lipinski definition) is 2. The second kappa shape index (κ2) is 7.62. The second-order valence-electron chi connectivity index (χ2n) is 3.28. The molecule has 0 bridgehead atoms. The van der Waals surface area contributed by atoms with Crippen LogP contribution in [0.25, 0.3) is 0 Å². The SMILES string of the molecule is O=C(CCCl)NCCNC(=O)c1ccncc1. The quantitative estimate of drug-likeness (QED) is 0.576. The third kappa shape index (κ3) is 5.31. The molecular formula is C11H14ClN3O2. The van der Waals surface area contributed by atoms with Gasteiger partial charge in [-0.1, -0.05) is 0 Å². The molecule has 0 saturated heterocycles. The van der Waals surface area contributed by atoms with Crippen LogP contribution in [-0.4, -0.2) is 35.8 Å². The van der Waals surface area contributed by atoms with Crippen LogP contribution in [0.4, 0.5) is 0 Å². The van der Waals surface area contributed by atoms with Crippen molar-refractivity contribution in [2.24, 2.45) is 0 Å². The van der Waals surface area contributed by atoms with Crippen LogP contribution < -0.4 is 10.6 Å². The van der Waals surface area contributed by atoms with Crippen LogP contribution in [0.5, 0.6) is 0 Å². The zero-order chi connectivity index (χ0) is 12.5. The summed E-state index contributed by atoms with van der Waals surface area (Å²) in [6.07, 6.45) is 3.40. The van der Waals surface area contributed by atoms with Crippen LogP contribution in [0, 0.1) is 0 Å². The second-order valence-corrected chi connectivity index (χ2v) is 3.66. The fourth-order valence-corrected chi connectivity index (χ4v) is 1.33. The highest BCUT2D eigenvalue weighted by Crippen LogP contribution is 1.94. The molecule has 0 aliphatic heterocycles. The number of nitrogens with one attached hydrogen (secondary N) is 2. The van der Waals surface area contributed by atoms with Gasteiger partial charge in [0.25, 0.3) is 5.91 Å². The zero-order valence-corrected chi connectivity index (χ0v) is 10.0. The van der Waals surface area contributed by atoms with Crippen LogP contribution in [0.2, 0.25) is 0 Å². The van der Waals surface area contributed by atoms with Gasteiger partial charge in [0.05, 0.1) is 0 Å². The third-order valence-electron chi connectivity index (χ3n) is 2.00. The summed E-state index contributed by atoms with van der Waals surface area (Å²) in [5.74, 6) is 0.00650. The van der Waals surface area contributed by atoms with Crippen molar-refractivity contribution in [1.82, 2.24) is 15.6 Å². The topological polar surface area (TPSA) is 71.1 Å². The van der Waals surface area contributed by atoms with E-state index in [0.717, 1.165) is 0 Å². The molecule has 0 aromatic carbocycles. The van der Waals surface area contributed by atoms with Gasteiger partial charge in [-0.05, 0) is 12.1 Å². The molecule has 0 saturated carbocycles. The Morgan fingerprint density at radius 2 is 1.82 bits per heavy atom. The Hall–Kier alpha value is -1.62. The van der Waals surface area contributed by atoms with Crippen molar-refractivity contribution in [3.05, 3.63) is 30.1 Å². The number of pyridine rings is 1. The lowest BCUT2D eigenvalue weighted by atomic mass is 10.2. The van der Waals surface area contributed by atoms with Gasteiger partial charge in [0.1, 0.15) is 0 Å². The van der Waals surface area contributed by atoms with E-state index in [2.05, 4.69) is 15.6 Å². The number of rotatable bonds is 6. The van der Waals surface area contributed by atoms with Gasteiger partial charge in [-0.2, -0.15) is 0 Å². The Bertz CT molecular complexity index is 370. The average molecular weight is 256 g/mol. The minimum absolute atomic E-state index is 0.113. The van der Waals surface area contributed by atoms with Crippen molar-refractivity contribution in [1.29, 1.82) is 0 Å². The molecule has 17 heavy (non-hydrogen) atoms. The lowest BCUT2D eigenvalue weighted by Crippen LogP contribution is -2.34. The molecule has 6 heteroatoms. The first-order valence-electron chi connectivity index (χ1n) is 5.25. The van der Waals surface area contributed by atoms with E-state index in [4.69, 9.17) is 11.6 Å². The molecule has 1 rings (SSSR count). The van der Waals surface area contributed by atoms with Gasteiger partial charge < -0.3 is 10.6 Å². The Morgan fingerprint density at radius 3 is 2.47 bits per heavy atom. The predicted octanol–water partition coefficient (Wildman–Crippen LogP) is 0.556. The van der Waals surface area contributed by atoms with Gasteiger partial charge in [-0.3, -0.25) is 14.6 Å². The fraction of sp³-hybridized carbons (Fsp3) is 0.364. The molecule has 0 unspecified atom stereocenters. The first-order chi connectivity index (χ1) is 8.24. The van der Waals surface area contributed by atoms with E-state index < -0.39 is 0 Å². The van der Waals surface area contributed by atoms with Crippen molar-refractivity contribution in [2.45, 2.75) is 6.42 Å². The van der Waals surface area contributed by atoms with Crippen LogP contribution in [0.3, 0.4) is 0 Å². The molecule has 92 valence electrons. The smallest absolute Gasteiger partial charge is 0.251 e. The summed E-state index contributed by atoms with van der Waals surface area (Å²) in [7, 11) is 0. The molecule has 0 atom stereocenters. The summed E-state index contributed by atoms with van der Waals surface area (Å²) in [4.78, 5) is 26.4. The normalized spacial score (nSPS) is 9.71. The lowest BCUT2D eigenvalue weighted by molar-refractivity contribution is -0.120. The average Bonchev–Trinajstić information content (AvgIpc) is 2.36. The minimum atomic E-state index is -0.181. The highest BCUT2D eigenvalue weighted by atomic mass is 35.5. The maximum absolute atomic E-state index is 11.5. The lowest BCUT2D eigenvalue weighted by Gasteiger charge is -2.06. The number of nitrogens with zero attached hydrogens (tertiary/aromatic N) is 1. The van der Waals surface area contributed by atoms with E-state index in [1.165, 1.54) is 0 Å². The number of alkyl halides is 1. The van der Waals surface area contributed by atoms with E-state index in [1.54, 1.807) is 24.5 Å². The largest absolute Gasteiger partial charge is 0.354 e. The maximum Gasteiger partial charge on any atom is 0.251 e. The summed E-state index contributed by atoms with van der Waals surface area (Å²) in [6.45, 7) is 0.779. The van der Waals surface area contributed by atoms with Crippen molar-refractivity contribution >= 4 is 23.4 Å². The predicted molar refractivity (Wildman–Crippen MR) is 64.9 cm³/mol. The Labute approximate surface area is 105 Å². The van der Waals surface area contributed by atoms with E-state index >= 15 is 0 Å². The van der Waals surface area contributed by atoms with Gasteiger partial charge in [0.15, 0.2) is 0 Å². The van der Waals surface area contributed by atoms with Gasteiger partial charge in [0, 0.05) is 43.3 Å². The number of amides is 2. The van der Waals surface area contributed by atoms with E-state index in [0.29, 0.717) is 31.0 Å². The Balaban J connectivity index is 2.19. The van der Waals surface area contributed by atoms with Crippen molar-refractivity contribution in [3.63, 3.8) is 0 Å². The van der Waals surface area contributed by atoms with E-state index in [-0.39, 0.29) is 11.8 Å².